The molecule has 0 radical (unpaired) electrons. The van der Waals surface area contributed by atoms with Crippen LogP contribution in [0.2, 0.25) is 5.02 Å². The van der Waals surface area contributed by atoms with Crippen LogP contribution in [0, 0.1) is 11.8 Å². The second-order valence-electron chi connectivity index (χ2n) is 6.31. The molecule has 0 aromatic heterocycles. The zero-order valence-corrected chi connectivity index (χ0v) is 15.6. The van der Waals surface area contributed by atoms with Crippen molar-refractivity contribution in [2.45, 2.75) is 31.2 Å². The van der Waals surface area contributed by atoms with Crippen molar-refractivity contribution in [2.75, 3.05) is 19.8 Å². The second kappa shape index (κ2) is 8.35. The molecule has 1 heterocycles. The predicted molar refractivity (Wildman–Crippen MR) is 92.5 cm³/mol. The lowest BCUT2D eigenvalue weighted by atomic mass is 10.1. The number of sulfonamides is 1. The highest BCUT2D eigenvalue weighted by Crippen LogP contribution is 2.29. The molecule has 1 fully saturated rings. The fraction of sp³-hybridized carbons (Fsp3) is 0.562. The SMILES string of the molecule is CC(C)C(NS(=O)(=O)c1cc(Cl)ccc1OCC1CCOC1)C(=O)O. The van der Waals surface area contributed by atoms with E-state index in [0.29, 0.717) is 19.8 Å². The van der Waals surface area contributed by atoms with Crippen molar-refractivity contribution >= 4 is 27.6 Å². The summed E-state index contributed by atoms with van der Waals surface area (Å²) in [5.74, 6) is -1.34. The maximum atomic E-state index is 12.7. The van der Waals surface area contributed by atoms with Crippen LogP contribution in [0.25, 0.3) is 0 Å². The Labute approximate surface area is 152 Å². The summed E-state index contributed by atoms with van der Waals surface area (Å²) in [4.78, 5) is 11.1. The van der Waals surface area contributed by atoms with Crippen molar-refractivity contribution < 1.29 is 27.8 Å². The van der Waals surface area contributed by atoms with E-state index in [-0.39, 0.29) is 21.6 Å². The van der Waals surface area contributed by atoms with Gasteiger partial charge in [0.05, 0.1) is 13.2 Å². The van der Waals surface area contributed by atoms with Crippen LogP contribution in [0.4, 0.5) is 0 Å². The van der Waals surface area contributed by atoms with E-state index < -0.39 is 28.0 Å². The van der Waals surface area contributed by atoms with E-state index in [2.05, 4.69) is 4.72 Å². The summed E-state index contributed by atoms with van der Waals surface area (Å²) in [5.41, 5.74) is 0. The van der Waals surface area contributed by atoms with E-state index in [0.717, 1.165) is 6.42 Å². The van der Waals surface area contributed by atoms with Crippen molar-refractivity contribution in [2.24, 2.45) is 11.8 Å². The monoisotopic (exact) mass is 391 g/mol. The maximum absolute atomic E-state index is 12.7. The standard InChI is InChI=1S/C16H22ClNO6S/c1-10(2)15(16(19)20)18-25(21,22)14-7-12(17)3-4-13(14)24-9-11-5-6-23-8-11/h3-4,7,10-11,15,18H,5-6,8-9H2,1-2H3,(H,19,20). The Morgan fingerprint density at radius 2 is 2.20 bits per heavy atom. The summed E-state index contributed by atoms with van der Waals surface area (Å²) in [5, 5.41) is 9.44. The summed E-state index contributed by atoms with van der Waals surface area (Å²) >= 11 is 5.93. The molecule has 1 aliphatic heterocycles. The van der Waals surface area contributed by atoms with Gasteiger partial charge in [0.2, 0.25) is 10.0 Å². The van der Waals surface area contributed by atoms with Gasteiger partial charge in [0, 0.05) is 17.5 Å². The number of ether oxygens (including phenoxy) is 2. The number of rotatable bonds is 8. The molecule has 2 N–H and O–H groups in total. The molecule has 7 nitrogen and oxygen atoms in total. The number of benzene rings is 1. The van der Waals surface area contributed by atoms with Gasteiger partial charge in [-0.05, 0) is 30.5 Å². The van der Waals surface area contributed by atoms with Crippen molar-refractivity contribution in [1.82, 2.24) is 4.72 Å². The third-order valence-electron chi connectivity index (χ3n) is 3.91. The van der Waals surface area contributed by atoms with Gasteiger partial charge < -0.3 is 14.6 Å². The van der Waals surface area contributed by atoms with Gasteiger partial charge in [-0.2, -0.15) is 4.72 Å². The first-order valence-electron chi connectivity index (χ1n) is 7.96. The van der Waals surface area contributed by atoms with Gasteiger partial charge in [-0.1, -0.05) is 25.4 Å². The number of carbonyl (C=O) groups is 1. The molecule has 0 spiro atoms. The van der Waals surface area contributed by atoms with Crippen molar-refractivity contribution in [3.8, 4) is 5.75 Å². The zero-order valence-electron chi connectivity index (χ0n) is 14.1. The molecule has 2 unspecified atom stereocenters. The first kappa shape index (κ1) is 20.0. The van der Waals surface area contributed by atoms with Crippen molar-refractivity contribution in [3.05, 3.63) is 23.2 Å². The molecule has 140 valence electrons. The van der Waals surface area contributed by atoms with E-state index in [9.17, 15) is 18.3 Å². The average molecular weight is 392 g/mol. The predicted octanol–water partition coefficient (Wildman–Crippen LogP) is 2.14. The molecule has 0 aliphatic carbocycles. The summed E-state index contributed by atoms with van der Waals surface area (Å²) in [6.45, 7) is 4.79. The highest BCUT2D eigenvalue weighted by molar-refractivity contribution is 7.89. The number of carboxylic acids is 1. The Morgan fingerprint density at radius 3 is 2.76 bits per heavy atom. The largest absolute Gasteiger partial charge is 0.492 e. The maximum Gasteiger partial charge on any atom is 0.322 e. The lowest BCUT2D eigenvalue weighted by molar-refractivity contribution is -0.140. The molecule has 1 aromatic rings. The summed E-state index contributed by atoms with van der Waals surface area (Å²) in [7, 11) is -4.12. The minimum Gasteiger partial charge on any atom is -0.492 e. The molecule has 0 saturated carbocycles. The molecule has 1 aliphatic rings. The zero-order chi connectivity index (χ0) is 18.6. The van der Waals surface area contributed by atoms with Crippen LogP contribution in [-0.2, 0) is 19.6 Å². The smallest absolute Gasteiger partial charge is 0.322 e. The van der Waals surface area contributed by atoms with E-state index in [1.807, 2.05) is 0 Å². The normalized spacial score (nSPS) is 19.1. The molecule has 2 rings (SSSR count). The molecule has 2 atom stereocenters. The number of nitrogens with one attached hydrogen (secondary N) is 1. The first-order chi connectivity index (χ1) is 11.7. The van der Waals surface area contributed by atoms with Gasteiger partial charge in [0.15, 0.2) is 0 Å². The molecule has 1 aromatic carbocycles. The minimum atomic E-state index is -4.12. The topological polar surface area (TPSA) is 102 Å². The summed E-state index contributed by atoms with van der Waals surface area (Å²) in [6.07, 6.45) is 0.850. The molecule has 1 saturated heterocycles. The van der Waals surface area contributed by atoms with E-state index in [4.69, 9.17) is 21.1 Å². The fourth-order valence-electron chi connectivity index (χ4n) is 2.44. The van der Waals surface area contributed by atoms with Gasteiger partial charge in [-0.25, -0.2) is 8.42 Å². The van der Waals surface area contributed by atoms with Crippen LogP contribution in [0.3, 0.4) is 0 Å². The molecular formula is C16H22ClNO6S. The van der Waals surface area contributed by atoms with E-state index in [1.54, 1.807) is 13.8 Å². The lowest BCUT2D eigenvalue weighted by Gasteiger charge is -2.20. The number of aliphatic carboxylic acids is 1. The Kier molecular flexibility index (Phi) is 6.67. The van der Waals surface area contributed by atoms with Crippen LogP contribution in [0.5, 0.6) is 5.75 Å². The lowest BCUT2D eigenvalue weighted by Crippen LogP contribution is -2.44. The number of hydrogen-bond donors (Lipinski definition) is 2. The van der Waals surface area contributed by atoms with Gasteiger partial charge in [-0.15, -0.1) is 0 Å². The quantitative estimate of drug-likeness (QED) is 0.703. The van der Waals surface area contributed by atoms with Gasteiger partial charge >= 0.3 is 5.97 Å². The fourth-order valence-corrected chi connectivity index (χ4v) is 4.18. The number of hydrogen-bond acceptors (Lipinski definition) is 5. The van der Waals surface area contributed by atoms with Gasteiger partial charge in [-0.3, -0.25) is 4.79 Å². The summed E-state index contributed by atoms with van der Waals surface area (Å²) < 4.78 is 38.5. The molecule has 0 amide bonds. The molecule has 9 heteroatoms. The Bertz CT molecular complexity index is 715. The van der Waals surface area contributed by atoms with E-state index in [1.165, 1.54) is 18.2 Å². The average Bonchev–Trinajstić information content (AvgIpc) is 3.04. The van der Waals surface area contributed by atoms with Crippen LogP contribution in [0.1, 0.15) is 20.3 Å². The van der Waals surface area contributed by atoms with Crippen LogP contribution >= 0.6 is 11.6 Å². The summed E-state index contributed by atoms with van der Waals surface area (Å²) in [6, 6.07) is 3.00. The van der Waals surface area contributed by atoms with Gasteiger partial charge in [0.25, 0.3) is 0 Å². The van der Waals surface area contributed by atoms with Crippen molar-refractivity contribution in [1.29, 1.82) is 0 Å². The third-order valence-corrected chi connectivity index (χ3v) is 5.61. The van der Waals surface area contributed by atoms with Crippen molar-refractivity contribution in [3.63, 3.8) is 0 Å². The second-order valence-corrected chi connectivity index (χ2v) is 8.43. The van der Waals surface area contributed by atoms with E-state index >= 15 is 0 Å². The Balaban J connectivity index is 2.25. The van der Waals surface area contributed by atoms with Crippen LogP contribution in [-0.4, -0.2) is 45.4 Å². The first-order valence-corrected chi connectivity index (χ1v) is 9.82. The molecule has 0 bridgehead atoms. The highest BCUT2D eigenvalue weighted by Gasteiger charge is 2.30. The molecule has 25 heavy (non-hydrogen) atoms. The number of halogens is 1. The van der Waals surface area contributed by atoms with Gasteiger partial charge in [0.1, 0.15) is 16.7 Å². The van der Waals surface area contributed by atoms with Crippen LogP contribution in [0.15, 0.2) is 23.1 Å². The highest BCUT2D eigenvalue weighted by atomic mass is 35.5. The third kappa shape index (κ3) is 5.31. The molecular weight excluding hydrogens is 370 g/mol. The Morgan fingerprint density at radius 1 is 1.48 bits per heavy atom. The minimum absolute atomic E-state index is 0.136. The van der Waals surface area contributed by atoms with Crippen LogP contribution < -0.4 is 9.46 Å². The number of carboxylic acid groups (broad SMARTS) is 1. The Hall–Kier alpha value is -1.35.